The highest BCUT2D eigenvalue weighted by atomic mass is 15.1. The highest BCUT2D eigenvalue weighted by Gasteiger charge is 2.19. The number of aromatic nitrogens is 3. The summed E-state index contributed by atoms with van der Waals surface area (Å²) in [7, 11) is 0. The minimum atomic E-state index is -2.92. The highest BCUT2D eigenvalue weighted by molar-refractivity contribution is 6.22. The van der Waals surface area contributed by atoms with Gasteiger partial charge < -0.3 is 0 Å². The molecule has 232 valence electrons. The Hall–Kier alpha value is -6.32. The number of fused-ring (bicyclic) bond motifs is 3. The summed E-state index contributed by atoms with van der Waals surface area (Å²) >= 11 is 0. The maximum absolute atomic E-state index is 8.66. The van der Waals surface area contributed by atoms with Crippen molar-refractivity contribution < 1.29 is 6.85 Å². The molecule has 3 nitrogen and oxygen atoms in total. The third-order valence-electron chi connectivity index (χ3n) is 9.33. The van der Waals surface area contributed by atoms with Crippen molar-refractivity contribution in [3.05, 3.63) is 176 Å². The molecule has 49 heavy (non-hydrogen) atoms. The highest BCUT2D eigenvalue weighted by Crippen LogP contribution is 2.46. The normalized spacial score (nSPS) is 13.5. The van der Waals surface area contributed by atoms with Gasteiger partial charge in [0, 0.05) is 30.7 Å². The van der Waals surface area contributed by atoms with E-state index in [-0.39, 0.29) is 5.82 Å². The Labute approximate surface area is 292 Å². The fourth-order valence-corrected chi connectivity index (χ4v) is 7.23. The van der Waals surface area contributed by atoms with Crippen molar-refractivity contribution in [3.63, 3.8) is 0 Å². The van der Waals surface area contributed by atoms with Gasteiger partial charge in [-0.05, 0) is 97.4 Å². The van der Waals surface area contributed by atoms with Crippen molar-refractivity contribution in [2.45, 2.75) is 13.2 Å². The first-order valence-corrected chi connectivity index (χ1v) is 16.3. The maximum atomic E-state index is 8.66. The van der Waals surface area contributed by atoms with Crippen LogP contribution in [0.5, 0.6) is 0 Å². The first-order valence-electron chi connectivity index (χ1n) is 18.8. The van der Waals surface area contributed by atoms with Crippen LogP contribution in [0.3, 0.4) is 0 Å². The van der Waals surface area contributed by atoms with Gasteiger partial charge in [0.25, 0.3) is 0 Å². The van der Waals surface area contributed by atoms with Crippen LogP contribution in [0, 0.1) is 0 Å². The van der Waals surface area contributed by atoms with E-state index in [1.807, 2.05) is 60.8 Å². The van der Waals surface area contributed by atoms with Gasteiger partial charge in [-0.1, -0.05) is 128 Å². The van der Waals surface area contributed by atoms with Crippen molar-refractivity contribution >= 4 is 32.6 Å². The first kappa shape index (κ1) is 23.9. The number of nitrogens with zero attached hydrogens (tertiary/aromatic N) is 3. The molecule has 9 rings (SSSR count). The molecule has 7 aromatic carbocycles. The van der Waals surface area contributed by atoms with E-state index in [0.717, 1.165) is 66.2 Å². The molecule has 0 spiro atoms. The Balaban J connectivity index is 1.23. The van der Waals surface area contributed by atoms with E-state index < -0.39 is 13.2 Å². The summed E-state index contributed by atoms with van der Waals surface area (Å²) < 4.78 is 43.0. The summed E-state index contributed by atoms with van der Waals surface area (Å²) in [6.45, 7) is -2.92. The summed E-state index contributed by atoms with van der Waals surface area (Å²) in [5.74, 6) is -0.155. The second-order valence-corrected chi connectivity index (χ2v) is 12.1. The van der Waals surface area contributed by atoms with Crippen LogP contribution < -0.4 is 0 Å². The summed E-state index contributed by atoms with van der Waals surface area (Å²) in [6.07, 6.45) is -0.853. The molecule has 0 aliphatic carbocycles. The van der Waals surface area contributed by atoms with Crippen molar-refractivity contribution in [3.8, 4) is 50.3 Å². The average Bonchev–Trinajstić information content (AvgIpc) is 3.61. The molecule has 0 saturated heterocycles. The van der Waals surface area contributed by atoms with Crippen molar-refractivity contribution in [2.24, 2.45) is 0 Å². The second kappa shape index (κ2) is 12.0. The lowest BCUT2D eigenvalue weighted by Crippen LogP contribution is -2.00. The van der Waals surface area contributed by atoms with E-state index in [2.05, 4.69) is 108 Å². The Bertz CT molecular complexity index is 2800. The number of para-hydroxylation sites is 2. The molecule has 0 saturated carbocycles. The van der Waals surface area contributed by atoms with Gasteiger partial charge in [0.05, 0.1) is 16.7 Å². The number of hydrogen-bond donors (Lipinski definition) is 0. The molecular formula is C46H33N3. The largest absolute Gasteiger partial charge is 0.296 e. The van der Waals surface area contributed by atoms with Crippen LogP contribution in [0.15, 0.2) is 170 Å². The minimum absolute atomic E-state index is 0.155. The molecule has 0 unspecified atom stereocenters. The number of benzene rings is 7. The zero-order chi connectivity index (χ0) is 37.0. The molecule has 0 aliphatic heterocycles. The number of pyridine rings is 1. The van der Waals surface area contributed by atoms with Crippen LogP contribution in [-0.4, -0.2) is 14.5 Å². The number of imidazole rings is 1. The summed E-state index contributed by atoms with van der Waals surface area (Å²) in [6, 6.07) is 55.2. The smallest absolute Gasteiger partial charge is 0.114 e. The van der Waals surface area contributed by atoms with Gasteiger partial charge >= 0.3 is 0 Å². The first-order chi connectivity index (χ1) is 26.2. The molecule has 9 aromatic rings. The Kier molecular flexibility index (Phi) is 5.88. The SMILES string of the molecule is [2H]C([2H])([2H])C([2H])([2H])c1nc2ccccc2n1-c1cccc(-c2cccc(-c3c4ccccc4c(-c4ccccc4-c4ccccn4)c4ccccc34)c2)c1. The van der Waals surface area contributed by atoms with E-state index >= 15 is 0 Å². The van der Waals surface area contributed by atoms with Gasteiger partial charge in [0.1, 0.15) is 5.82 Å². The molecule has 0 N–H and O–H groups in total. The summed E-state index contributed by atoms with van der Waals surface area (Å²) in [4.78, 5) is 9.23. The quantitative estimate of drug-likeness (QED) is 0.171. The molecule has 0 bridgehead atoms. The van der Waals surface area contributed by atoms with Gasteiger partial charge in [0.2, 0.25) is 0 Å². The fourth-order valence-electron chi connectivity index (χ4n) is 7.23. The van der Waals surface area contributed by atoms with E-state index in [4.69, 9.17) is 11.8 Å². The Morgan fingerprint density at radius 3 is 1.90 bits per heavy atom. The zero-order valence-electron chi connectivity index (χ0n) is 31.5. The van der Waals surface area contributed by atoms with Crippen LogP contribution in [0.2, 0.25) is 0 Å². The van der Waals surface area contributed by atoms with Gasteiger partial charge in [-0.2, -0.15) is 0 Å². The van der Waals surface area contributed by atoms with Crippen LogP contribution in [0.1, 0.15) is 19.5 Å². The fraction of sp³-hybridized carbons (Fsp3) is 0.0435. The minimum Gasteiger partial charge on any atom is -0.296 e. The summed E-state index contributed by atoms with van der Waals surface area (Å²) in [5.41, 5.74) is 10.1. The lowest BCUT2D eigenvalue weighted by atomic mass is 9.84. The van der Waals surface area contributed by atoms with Crippen LogP contribution in [0.4, 0.5) is 0 Å². The van der Waals surface area contributed by atoms with Crippen LogP contribution >= 0.6 is 0 Å². The summed E-state index contributed by atoms with van der Waals surface area (Å²) in [5, 5.41) is 4.55. The van der Waals surface area contributed by atoms with Gasteiger partial charge in [0.15, 0.2) is 0 Å². The molecule has 2 aromatic heterocycles. The predicted octanol–water partition coefficient (Wildman–Crippen LogP) is 12.0. The van der Waals surface area contributed by atoms with E-state index in [9.17, 15) is 0 Å². The average molecular weight is 633 g/mol. The Morgan fingerprint density at radius 1 is 0.551 bits per heavy atom. The molecular weight excluding hydrogens is 595 g/mol. The second-order valence-electron chi connectivity index (χ2n) is 12.1. The molecule has 0 fully saturated rings. The topological polar surface area (TPSA) is 30.7 Å². The zero-order valence-corrected chi connectivity index (χ0v) is 26.5. The third kappa shape index (κ3) is 4.90. The van der Waals surface area contributed by atoms with Gasteiger partial charge in [-0.3, -0.25) is 9.55 Å². The standard InChI is InChI=1S/C46H33N3/c1-2-44-48-42-26-9-10-27-43(42)49(44)34-18-14-16-32(30-34)31-15-13-17-33(29-31)45-37-21-5-7-23-39(37)46(40-24-8-6-22-38(40)45)36-20-4-3-19-35(36)41-25-11-12-28-47-41/h3-30H,2H2,1H3/i1D3,2D2. The molecule has 3 heteroatoms. The Morgan fingerprint density at radius 2 is 1.16 bits per heavy atom. The molecule has 0 aliphatic rings. The molecule has 0 amide bonds. The molecule has 0 atom stereocenters. The van der Waals surface area contributed by atoms with Crippen molar-refractivity contribution in [2.75, 3.05) is 0 Å². The van der Waals surface area contributed by atoms with Gasteiger partial charge in [-0.15, -0.1) is 0 Å². The lowest BCUT2D eigenvalue weighted by molar-refractivity contribution is 0.908. The molecule has 2 heterocycles. The maximum Gasteiger partial charge on any atom is 0.114 e. The van der Waals surface area contributed by atoms with Crippen LogP contribution in [0.25, 0.3) is 82.9 Å². The van der Waals surface area contributed by atoms with Crippen molar-refractivity contribution in [1.82, 2.24) is 14.5 Å². The predicted molar refractivity (Wildman–Crippen MR) is 205 cm³/mol. The third-order valence-corrected chi connectivity index (χ3v) is 9.33. The number of aryl methyl sites for hydroxylation is 1. The number of rotatable bonds is 6. The lowest BCUT2D eigenvalue weighted by Gasteiger charge is -2.20. The van der Waals surface area contributed by atoms with Gasteiger partial charge in [-0.25, -0.2) is 4.98 Å². The van der Waals surface area contributed by atoms with E-state index in [1.165, 1.54) is 0 Å². The number of hydrogen-bond acceptors (Lipinski definition) is 2. The van der Waals surface area contributed by atoms with E-state index in [0.29, 0.717) is 16.7 Å². The monoisotopic (exact) mass is 632 g/mol. The van der Waals surface area contributed by atoms with E-state index in [1.54, 1.807) is 10.6 Å². The van der Waals surface area contributed by atoms with Crippen molar-refractivity contribution in [1.29, 1.82) is 0 Å². The molecule has 0 radical (unpaired) electrons. The van der Waals surface area contributed by atoms with Crippen LogP contribution in [-0.2, 0) is 6.37 Å².